The highest BCUT2D eigenvalue weighted by Crippen LogP contribution is 2.45. The highest BCUT2D eigenvalue weighted by Gasteiger charge is 2.46. The lowest BCUT2D eigenvalue weighted by atomic mass is 10.0. The molecule has 3 rings (SSSR count). The first kappa shape index (κ1) is 14.1. The highest BCUT2D eigenvalue weighted by molar-refractivity contribution is 5.14. The molecule has 1 unspecified atom stereocenters. The predicted octanol–water partition coefficient (Wildman–Crippen LogP) is 3.08. The molecule has 0 radical (unpaired) electrons. The van der Waals surface area contributed by atoms with Crippen molar-refractivity contribution < 1.29 is 0 Å². The summed E-state index contributed by atoms with van der Waals surface area (Å²) >= 11 is 0. The zero-order valence-corrected chi connectivity index (χ0v) is 12.9. The Hall–Kier alpha value is -0.860. The topological polar surface area (TPSA) is 15.3 Å². The van der Waals surface area contributed by atoms with Gasteiger partial charge in [-0.05, 0) is 49.8 Å². The number of rotatable bonds is 5. The van der Waals surface area contributed by atoms with Gasteiger partial charge in [-0.15, -0.1) is 0 Å². The molecule has 20 heavy (non-hydrogen) atoms. The van der Waals surface area contributed by atoms with Gasteiger partial charge in [0.25, 0.3) is 0 Å². The van der Waals surface area contributed by atoms with Crippen LogP contribution in [0.3, 0.4) is 0 Å². The van der Waals surface area contributed by atoms with Crippen LogP contribution in [0.4, 0.5) is 0 Å². The Kier molecular flexibility index (Phi) is 4.13. The summed E-state index contributed by atoms with van der Waals surface area (Å²) in [5.74, 6) is 0. The molecular formula is C18H28N2. The Labute approximate surface area is 123 Å². The molecule has 1 saturated heterocycles. The third-order valence-corrected chi connectivity index (χ3v) is 5.10. The van der Waals surface area contributed by atoms with Crippen molar-refractivity contribution in [1.82, 2.24) is 10.2 Å². The number of hydrogen-bond donors (Lipinski definition) is 1. The maximum atomic E-state index is 3.85. The van der Waals surface area contributed by atoms with Gasteiger partial charge >= 0.3 is 0 Å². The van der Waals surface area contributed by atoms with Crippen LogP contribution in [0.2, 0.25) is 0 Å². The van der Waals surface area contributed by atoms with Crippen LogP contribution in [0.25, 0.3) is 0 Å². The lowest BCUT2D eigenvalue weighted by Crippen LogP contribution is -2.44. The number of nitrogens with one attached hydrogen (secondary N) is 1. The van der Waals surface area contributed by atoms with E-state index in [-0.39, 0.29) is 0 Å². The van der Waals surface area contributed by atoms with Crippen molar-refractivity contribution in [1.29, 1.82) is 0 Å². The Morgan fingerprint density at radius 1 is 1.15 bits per heavy atom. The van der Waals surface area contributed by atoms with Crippen molar-refractivity contribution in [3.63, 3.8) is 0 Å². The molecule has 110 valence electrons. The van der Waals surface area contributed by atoms with Crippen LogP contribution in [0.1, 0.15) is 38.7 Å². The summed E-state index contributed by atoms with van der Waals surface area (Å²) in [7, 11) is 0. The highest BCUT2D eigenvalue weighted by atomic mass is 15.1. The summed E-state index contributed by atoms with van der Waals surface area (Å²) in [6.07, 6.45) is 5.19. The molecular weight excluding hydrogens is 244 g/mol. The summed E-state index contributed by atoms with van der Waals surface area (Å²) < 4.78 is 0. The number of likely N-dealkylation sites (tertiary alicyclic amines) is 1. The van der Waals surface area contributed by atoms with E-state index in [2.05, 4.69) is 54.4 Å². The summed E-state index contributed by atoms with van der Waals surface area (Å²) in [4.78, 5) is 2.63. The minimum Gasteiger partial charge on any atom is -0.311 e. The molecule has 2 fully saturated rings. The second-order valence-electron chi connectivity index (χ2n) is 7.26. The second-order valence-corrected chi connectivity index (χ2v) is 7.26. The largest absolute Gasteiger partial charge is 0.311 e. The van der Waals surface area contributed by atoms with Crippen molar-refractivity contribution in [3.05, 3.63) is 35.9 Å². The summed E-state index contributed by atoms with van der Waals surface area (Å²) in [5.41, 5.74) is 2.03. The molecule has 2 nitrogen and oxygen atoms in total. The fourth-order valence-electron chi connectivity index (χ4n) is 3.29. The van der Waals surface area contributed by atoms with E-state index < -0.39 is 0 Å². The molecule has 1 aromatic carbocycles. The molecule has 2 heteroatoms. The van der Waals surface area contributed by atoms with E-state index in [0.717, 1.165) is 12.1 Å². The van der Waals surface area contributed by atoms with E-state index in [1.807, 2.05) is 0 Å². The molecule has 0 bridgehead atoms. The maximum Gasteiger partial charge on any atom is 0.0127 e. The Bertz CT molecular complexity index is 418. The van der Waals surface area contributed by atoms with E-state index in [1.54, 1.807) is 0 Å². The van der Waals surface area contributed by atoms with Crippen molar-refractivity contribution >= 4 is 0 Å². The molecule has 1 N–H and O–H groups in total. The molecule has 0 aromatic heterocycles. The van der Waals surface area contributed by atoms with Gasteiger partial charge in [-0.3, -0.25) is 0 Å². The standard InChI is InChI=1S/C18H28N2/c1-18(2)14-17(18)19-16-9-12-20(13-10-16)11-8-15-6-4-3-5-7-15/h3-7,16-17,19H,8-14H2,1-2H3. The molecule has 1 aromatic rings. The van der Waals surface area contributed by atoms with Crippen LogP contribution in [-0.2, 0) is 6.42 Å². The van der Waals surface area contributed by atoms with Gasteiger partial charge in [-0.25, -0.2) is 0 Å². The monoisotopic (exact) mass is 272 g/mol. The quantitative estimate of drug-likeness (QED) is 0.886. The third kappa shape index (κ3) is 3.62. The molecule has 0 amide bonds. The zero-order chi connectivity index (χ0) is 14.0. The molecule has 1 aliphatic heterocycles. The maximum absolute atomic E-state index is 3.85. The van der Waals surface area contributed by atoms with E-state index in [4.69, 9.17) is 0 Å². The van der Waals surface area contributed by atoms with Crippen LogP contribution < -0.4 is 5.32 Å². The first-order valence-electron chi connectivity index (χ1n) is 8.16. The smallest absolute Gasteiger partial charge is 0.0127 e. The first-order chi connectivity index (χ1) is 9.63. The number of benzene rings is 1. The van der Waals surface area contributed by atoms with Crippen molar-refractivity contribution in [2.45, 2.75) is 51.6 Å². The molecule has 0 spiro atoms. The molecule has 1 saturated carbocycles. The van der Waals surface area contributed by atoms with Gasteiger partial charge in [0.2, 0.25) is 0 Å². The minimum atomic E-state index is 0.560. The van der Waals surface area contributed by atoms with Gasteiger partial charge in [-0.1, -0.05) is 44.2 Å². The fraction of sp³-hybridized carbons (Fsp3) is 0.667. The summed E-state index contributed by atoms with van der Waals surface area (Å²) in [6.45, 7) is 8.49. The van der Waals surface area contributed by atoms with Crippen LogP contribution in [0.5, 0.6) is 0 Å². The second kappa shape index (κ2) is 5.87. The normalized spacial score (nSPS) is 26.6. The SMILES string of the molecule is CC1(C)CC1NC1CCN(CCc2ccccc2)CC1. The fourth-order valence-corrected chi connectivity index (χ4v) is 3.29. The van der Waals surface area contributed by atoms with Crippen molar-refractivity contribution in [2.24, 2.45) is 5.41 Å². The van der Waals surface area contributed by atoms with Crippen LogP contribution >= 0.6 is 0 Å². The Morgan fingerprint density at radius 3 is 2.40 bits per heavy atom. The Morgan fingerprint density at radius 2 is 1.80 bits per heavy atom. The third-order valence-electron chi connectivity index (χ3n) is 5.10. The van der Waals surface area contributed by atoms with Gasteiger partial charge < -0.3 is 10.2 Å². The number of hydrogen-bond acceptors (Lipinski definition) is 2. The van der Waals surface area contributed by atoms with Crippen LogP contribution in [0, 0.1) is 5.41 Å². The number of nitrogens with zero attached hydrogens (tertiary/aromatic N) is 1. The molecule has 1 aliphatic carbocycles. The van der Waals surface area contributed by atoms with E-state index in [0.29, 0.717) is 5.41 Å². The first-order valence-corrected chi connectivity index (χ1v) is 8.16. The van der Waals surface area contributed by atoms with E-state index in [9.17, 15) is 0 Å². The van der Waals surface area contributed by atoms with Crippen molar-refractivity contribution in [3.8, 4) is 0 Å². The summed E-state index contributed by atoms with van der Waals surface area (Å²) in [6, 6.07) is 12.4. The molecule has 1 atom stereocenters. The van der Waals surface area contributed by atoms with Crippen LogP contribution in [-0.4, -0.2) is 36.6 Å². The average Bonchev–Trinajstić information content (AvgIpc) is 3.06. The van der Waals surface area contributed by atoms with E-state index >= 15 is 0 Å². The lowest BCUT2D eigenvalue weighted by Gasteiger charge is -2.32. The van der Waals surface area contributed by atoms with Gasteiger partial charge in [0, 0.05) is 18.6 Å². The summed E-state index contributed by atoms with van der Waals surface area (Å²) in [5, 5.41) is 3.85. The number of piperidine rings is 1. The molecule has 1 heterocycles. The van der Waals surface area contributed by atoms with Crippen molar-refractivity contribution in [2.75, 3.05) is 19.6 Å². The Balaban J connectivity index is 1.36. The minimum absolute atomic E-state index is 0.560. The van der Waals surface area contributed by atoms with Gasteiger partial charge in [-0.2, -0.15) is 0 Å². The van der Waals surface area contributed by atoms with E-state index in [1.165, 1.54) is 50.9 Å². The van der Waals surface area contributed by atoms with Gasteiger partial charge in [0.1, 0.15) is 0 Å². The molecule has 2 aliphatic rings. The average molecular weight is 272 g/mol. The predicted molar refractivity (Wildman–Crippen MR) is 84.9 cm³/mol. The van der Waals surface area contributed by atoms with Crippen LogP contribution in [0.15, 0.2) is 30.3 Å². The lowest BCUT2D eigenvalue weighted by molar-refractivity contribution is 0.197. The van der Waals surface area contributed by atoms with Gasteiger partial charge in [0.05, 0.1) is 0 Å². The zero-order valence-electron chi connectivity index (χ0n) is 12.9. The van der Waals surface area contributed by atoms with Gasteiger partial charge in [0.15, 0.2) is 0 Å².